The van der Waals surface area contributed by atoms with Crippen LogP contribution in [0, 0.1) is 6.92 Å². The summed E-state index contributed by atoms with van der Waals surface area (Å²) in [5, 5.41) is 3.86. The van der Waals surface area contributed by atoms with Crippen molar-refractivity contribution in [2.75, 3.05) is 0 Å². The molecule has 1 N–H and O–H groups in total. The van der Waals surface area contributed by atoms with E-state index in [1.165, 1.54) is 0 Å². The summed E-state index contributed by atoms with van der Waals surface area (Å²) in [6, 6.07) is 11.2. The summed E-state index contributed by atoms with van der Waals surface area (Å²) in [7, 11) is 0. The molecule has 0 aliphatic rings. The maximum Gasteiger partial charge on any atom is 0.251 e. The molecule has 2 heterocycles. The van der Waals surface area contributed by atoms with Crippen LogP contribution in [0.25, 0.3) is 10.6 Å². The number of halogens is 1. The van der Waals surface area contributed by atoms with Crippen molar-refractivity contribution in [1.29, 1.82) is 0 Å². The predicted octanol–water partition coefficient (Wildman–Crippen LogP) is 4.21. The zero-order valence-corrected chi connectivity index (χ0v) is 14.8. The standard InChI is InChI=1S/C17H14BrN3OS/c1-11-15(23-17(21-11)13-3-2-8-19-9-13)10-20-16(22)12-4-6-14(18)7-5-12/h2-9H,10H2,1H3,(H,20,22). The van der Waals surface area contributed by atoms with Crippen molar-refractivity contribution in [1.82, 2.24) is 15.3 Å². The molecule has 0 saturated heterocycles. The van der Waals surface area contributed by atoms with Gasteiger partial charge in [0, 0.05) is 32.9 Å². The first-order chi connectivity index (χ1) is 11.1. The van der Waals surface area contributed by atoms with Gasteiger partial charge in [0.15, 0.2) is 0 Å². The maximum atomic E-state index is 12.2. The van der Waals surface area contributed by atoms with Gasteiger partial charge < -0.3 is 5.32 Å². The van der Waals surface area contributed by atoms with Crippen molar-refractivity contribution in [3.8, 4) is 10.6 Å². The Hall–Kier alpha value is -2.05. The molecular formula is C17H14BrN3OS. The molecule has 2 aromatic heterocycles. The first-order valence-electron chi connectivity index (χ1n) is 7.04. The van der Waals surface area contributed by atoms with E-state index in [4.69, 9.17) is 0 Å². The highest BCUT2D eigenvalue weighted by molar-refractivity contribution is 9.10. The van der Waals surface area contributed by atoms with Crippen molar-refractivity contribution in [2.24, 2.45) is 0 Å². The second-order valence-electron chi connectivity index (χ2n) is 4.96. The van der Waals surface area contributed by atoms with E-state index in [1.54, 1.807) is 35.9 Å². The third-order valence-electron chi connectivity index (χ3n) is 3.32. The van der Waals surface area contributed by atoms with Crippen LogP contribution in [0.4, 0.5) is 0 Å². The minimum atomic E-state index is -0.0896. The monoisotopic (exact) mass is 387 g/mol. The van der Waals surface area contributed by atoms with E-state index >= 15 is 0 Å². The number of carbonyl (C=O) groups is 1. The fraction of sp³-hybridized carbons (Fsp3) is 0.118. The van der Waals surface area contributed by atoms with Gasteiger partial charge in [0.05, 0.1) is 12.2 Å². The molecule has 6 heteroatoms. The Bertz CT molecular complexity index is 816. The van der Waals surface area contributed by atoms with Crippen molar-refractivity contribution in [3.05, 3.63) is 69.4 Å². The minimum absolute atomic E-state index is 0.0896. The number of nitrogens with one attached hydrogen (secondary N) is 1. The molecule has 3 aromatic rings. The number of aromatic nitrogens is 2. The molecule has 0 fully saturated rings. The van der Waals surface area contributed by atoms with Gasteiger partial charge in [0.25, 0.3) is 5.91 Å². The lowest BCUT2D eigenvalue weighted by Gasteiger charge is -2.04. The smallest absolute Gasteiger partial charge is 0.251 e. The summed E-state index contributed by atoms with van der Waals surface area (Å²) in [6.07, 6.45) is 3.53. The number of amides is 1. The van der Waals surface area contributed by atoms with E-state index < -0.39 is 0 Å². The fourth-order valence-corrected chi connectivity index (χ4v) is 3.33. The Morgan fingerprint density at radius 1 is 1.26 bits per heavy atom. The van der Waals surface area contributed by atoms with E-state index in [2.05, 4.69) is 31.2 Å². The topological polar surface area (TPSA) is 54.9 Å². The summed E-state index contributed by atoms with van der Waals surface area (Å²) in [6.45, 7) is 2.43. The van der Waals surface area contributed by atoms with E-state index in [9.17, 15) is 4.79 Å². The summed E-state index contributed by atoms with van der Waals surface area (Å²) < 4.78 is 0.952. The van der Waals surface area contributed by atoms with Gasteiger partial charge in [-0.05, 0) is 43.3 Å². The molecule has 1 aromatic carbocycles. The Morgan fingerprint density at radius 2 is 2.04 bits per heavy atom. The van der Waals surface area contributed by atoms with E-state index in [-0.39, 0.29) is 5.91 Å². The van der Waals surface area contributed by atoms with Crippen molar-refractivity contribution in [2.45, 2.75) is 13.5 Å². The lowest BCUT2D eigenvalue weighted by atomic mass is 10.2. The van der Waals surface area contributed by atoms with Crippen LogP contribution in [-0.4, -0.2) is 15.9 Å². The third kappa shape index (κ3) is 3.83. The van der Waals surface area contributed by atoms with Crippen LogP contribution in [0.3, 0.4) is 0 Å². The zero-order valence-electron chi connectivity index (χ0n) is 12.4. The number of thiazole rings is 1. The van der Waals surface area contributed by atoms with Gasteiger partial charge >= 0.3 is 0 Å². The molecule has 0 saturated carbocycles. The van der Waals surface area contributed by atoms with Crippen LogP contribution in [0.1, 0.15) is 20.9 Å². The van der Waals surface area contributed by atoms with Gasteiger partial charge in [0.1, 0.15) is 5.01 Å². The summed E-state index contributed by atoms with van der Waals surface area (Å²) >= 11 is 4.94. The van der Waals surface area contributed by atoms with Crippen LogP contribution in [-0.2, 0) is 6.54 Å². The molecule has 3 rings (SSSR count). The number of benzene rings is 1. The molecule has 116 valence electrons. The first kappa shape index (κ1) is 15.8. The van der Waals surface area contributed by atoms with Gasteiger partial charge in [-0.3, -0.25) is 9.78 Å². The molecule has 1 amide bonds. The number of rotatable bonds is 4. The largest absolute Gasteiger partial charge is 0.347 e. The molecule has 0 spiro atoms. The molecule has 0 aliphatic carbocycles. The summed E-state index contributed by atoms with van der Waals surface area (Å²) in [5.74, 6) is -0.0896. The highest BCUT2D eigenvalue weighted by atomic mass is 79.9. The normalized spacial score (nSPS) is 10.5. The van der Waals surface area contributed by atoms with Crippen LogP contribution in [0.2, 0.25) is 0 Å². The number of hydrogen-bond acceptors (Lipinski definition) is 4. The minimum Gasteiger partial charge on any atom is -0.347 e. The summed E-state index contributed by atoms with van der Waals surface area (Å²) in [4.78, 5) is 21.9. The second kappa shape index (κ2) is 7.02. The Kier molecular flexibility index (Phi) is 4.83. The molecular weight excluding hydrogens is 374 g/mol. The summed E-state index contributed by atoms with van der Waals surface area (Å²) in [5.41, 5.74) is 2.57. The van der Waals surface area contributed by atoms with Gasteiger partial charge in [-0.15, -0.1) is 11.3 Å². The fourth-order valence-electron chi connectivity index (χ4n) is 2.07. The molecule has 0 unspecified atom stereocenters. The van der Waals surface area contributed by atoms with Crippen molar-refractivity contribution in [3.63, 3.8) is 0 Å². The van der Waals surface area contributed by atoms with E-state index in [0.29, 0.717) is 12.1 Å². The predicted molar refractivity (Wildman–Crippen MR) is 95.4 cm³/mol. The lowest BCUT2D eigenvalue weighted by Crippen LogP contribution is -2.22. The molecule has 0 radical (unpaired) electrons. The molecule has 4 nitrogen and oxygen atoms in total. The van der Waals surface area contributed by atoms with Crippen molar-refractivity contribution >= 4 is 33.2 Å². The SMILES string of the molecule is Cc1nc(-c2cccnc2)sc1CNC(=O)c1ccc(Br)cc1. The van der Waals surface area contributed by atoms with Crippen LogP contribution in [0.15, 0.2) is 53.3 Å². The number of nitrogens with zero attached hydrogens (tertiary/aromatic N) is 2. The van der Waals surface area contributed by atoms with E-state index in [0.717, 1.165) is 25.6 Å². The quantitative estimate of drug-likeness (QED) is 0.729. The van der Waals surface area contributed by atoms with E-state index in [1.807, 2.05) is 31.2 Å². The highest BCUT2D eigenvalue weighted by Crippen LogP contribution is 2.27. The Labute approximate surface area is 146 Å². The highest BCUT2D eigenvalue weighted by Gasteiger charge is 2.11. The average Bonchev–Trinajstić information content (AvgIpc) is 2.95. The van der Waals surface area contributed by atoms with Crippen LogP contribution < -0.4 is 5.32 Å². The number of pyridine rings is 1. The van der Waals surface area contributed by atoms with Crippen molar-refractivity contribution < 1.29 is 4.79 Å². The zero-order chi connectivity index (χ0) is 16.2. The number of carbonyl (C=O) groups excluding carboxylic acids is 1. The average molecular weight is 388 g/mol. The maximum absolute atomic E-state index is 12.2. The molecule has 0 aliphatic heterocycles. The van der Waals surface area contributed by atoms with Gasteiger partial charge in [-0.2, -0.15) is 0 Å². The number of hydrogen-bond donors (Lipinski definition) is 1. The Morgan fingerprint density at radius 3 is 2.74 bits per heavy atom. The van der Waals surface area contributed by atoms with Crippen LogP contribution in [0.5, 0.6) is 0 Å². The lowest BCUT2D eigenvalue weighted by molar-refractivity contribution is 0.0951. The molecule has 0 atom stereocenters. The Balaban J connectivity index is 1.70. The second-order valence-corrected chi connectivity index (χ2v) is 6.96. The number of aryl methyl sites for hydroxylation is 1. The van der Waals surface area contributed by atoms with Gasteiger partial charge in [-0.25, -0.2) is 4.98 Å². The first-order valence-corrected chi connectivity index (χ1v) is 8.65. The van der Waals surface area contributed by atoms with Crippen LogP contribution >= 0.6 is 27.3 Å². The van der Waals surface area contributed by atoms with Gasteiger partial charge in [-0.1, -0.05) is 15.9 Å². The molecule has 23 heavy (non-hydrogen) atoms. The molecule has 0 bridgehead atoms. The van der Waals surface area contributed by atoms with Gasteiger partial charge in [0.2, 0.25) is 0 Å². The third-order valence-corrected chi connectivity index (χ3v) is 5.05.